The molecule has 8 heteroatoms. The standard InChI is InChI=1S/C17H17ClN4O2S/c1-11(12-6-3-4-7-13(12)18)19-15(23)10-25-17-21-20-16(22(17)2)14-8-5-9-24-14/h3-9,11H,10H2,1-2H3,(H,19,23). The van der Waals surface area contributed by atoms with E-state index in [1.54, 1.807) is 16.9 Å². The van der Waals surface area contributed by atoms with E-state index in [1.807, 2.05) is 44.3 Å². The number of nitrogens with zero attached hydrogens (tertiary/aromatic N) is 3. The minimum atomic E-state index is -0.167. The van der Waals surface area contributed by atoms with E-state index < -0.39 is 0 Å². The van der Waals surface area contributed by atoms with E-state index in [0.717, 1.165) is 5.56 Å². The lowest BCUT2D eigenvalue weighted by Crippen LogP contribution is -2.28. The topological polar surface area (TPSA) is 73.0 Å². The Morgan fingerprint density at radius 3 is 2.84 bits per heavy atom. The number of carbonyl (C=O) groups is 1. The van der Waals surface area contributed by atoms with E-state index in [0.29, 0.717) is 21.8 Å². The van der Waals surface area contributed by atoms with Gasteiger partial charge in [0.2, 0.25) is 5.91 Å². The maximum Gasteiger partial charge on any atom is 0.230 e. The maximum atomic E-state index is 12.2. The van der Waals surface area contributed by atoms with Crippen LogP contribution in [-0.4, -0.2) is 26.4 Å². The van der Waals surface area contributed by atoms with Crippen LogP contribution in [0.2, 0.25) is 5.02 Å². The van der Waals surface area contributed by atoms with Crippen molar-refractivity contribution in [3.63, 3.8) is 0 Å². The Hall–Kier alpha value is -2.25. The second-order valence-corrected chi connectivity index (χ2v) is 6.79. The zero-order chi connectivity index (χ0) is 17.8. The molecule has 0 fully saturated rings. The van der Waals surface area contributed by atoms with Crippen LogP contribution in [0.25, 0.3) is 11.6 Å². The highest BCUT2D eigenvalue weighted by molar-refractivity contribution is 7.99. The lowest BCUT2D eigenvalue weighted by atomic mass is 10.1. The molecule has 0 saturated carbocycles. The summed E-state index contributed by atoms with van der Waals surface area (Å²) in [6, 6.07) is 10.9. The van der Waals surface area contributed by atoms with E-state index in [4.69, 9.17) is 16.0 Å². The van der Waals surface area contributed by atoms with E-state index in [2.05, 4.69) is 15.5 Å². The molecule has 3 aromatic rings. The molecule has 0 aliphatic rings. The van der Waals surface area contributed by atoms with Crippen LogP contribution in [0.3, 0.4) is 0 Å². The van der Waals surface area contributed by atoms with Crippen molar-refractivity contribution in [2.75, 3.05) is 5.75 Å². The summed E-state index contributed by atoms with van der Waals surface area (Å²) in [7, 11) is 1.84. The molecule has 0 saturated heterocycles. The summed E-state index contributed by atoms with van der Waals surface area (Å²) in [5, 5.41) is 12.4. The van der Waals surface area contributed by atoms with Gasteiger partial charge in [0.05, 0.1) is 18.1 Å². The number of amides is 1. The minimum Gasteiger partial charge on any atom is -0.461 e. The number of benzene rings is 1. The monoisotopic (exact) mass is 376 g/mol. The largest absolute Gasteiger partial charge is 0.461 e. The molecule has 0 bridgehead atoms. The number of halogens is 1. The van der Waals surface area contributed by atoms with Crippen LogP contribution in [0.5, 0.6) is 0 Å². The fraction of sp³-hybridized carbons (Fsp3) is 0.235. The second kappa shape index (κ2) is 7.76. The van der Waals surface area contributed by atoms with Crippen LogP contribution < -0.4 is 5.32 Å². The summed E-state index contributed by atoms with van der Waals surface area (Å²) < 4.78 is 7.13. The third-order valence-electron chi connectivity index (χ3n) is 3.66. The minimum absolute atomic E-state index is 0.0973. The van der Waals surface area contributed by atoms with E-state index in [9.17, 15) is 4.79 Å². The molecule has 2 heterocycles. The molecule has 0 spiro atoms. The van der Waals surface area contributed by atoms with Crippen LogP contribution in [0, 0.1) is 0 Å². The molecule has 3 rings (SSSR count). The normalized spacial score (nSPS) is 12.1. The van der Waals surface area contributed by atoms with Gasteiger partial charge in [0, 0.05) is 12.1 Å². The maximum absolute atomic E-state index is 12.2. The number of hydrogen-bond donors (Lipinski definition) is 1. The first kappa shape index (κ1) is 17.6. The first-order valence-electron chi connectivity index (χ1n) is 7.66. The second-order valence-electron chi connectivity index (χ2n) is 5.44. The summed E-state index contributed by atoms with van der Waals surface area (Å²) in [5.74, 6) is 1.40. The average Bonchev–Trinajstić information content (AvgIpc) is 3.23. The SMILES string of the molecule is CC(NC(=O)CSc1nnc(-c2ccco2)n1C)c1ccccc1Cl. The highest BCUT2D eigenvalue weighted by Gasteiger charge is 2.16. The van der Waals surface area contributed by atoms with E-state index >= 15 is 0 Å². The number of nitrogens with one attached hydrogen (secondary N) is 1. The van der Waals surface area contributed by atoms with Gasteiger partial charge in [0.15, 0.2) is 16.7 Å². The molecule has 0 aliphatic carbocycles. The van der Waals surface area contributed by atoms with Gasteiger partial charge in [-0.2, -0.15) is 0 Å². The van der Waals surface area contributed by atoms with Crippen LogP contribution in [0.15, 0.2) is 52.2 Å². The number of hydrogen-bond acceptors (Lipinski definition) is 5. The molecule has 25 heavy (non-hydrogen) atoms. The third kappa shape index (κ3) is 4.05. The van der Waals surface area contributed by atoms with Gasteiger partial charge in [-0.25, -0.2) is 0 Å². The van der Waals surface area contributed by atoms with Crippen molar-refractivity contribution in [3.05, 3.63) is 53.2 Å². The van der Waals surface area contributed by atoms with Gasteiger partial charge in [-0.1, -0.05) is 41.6 Å². The van der Waals surface area contributed by atoms with Crippen LogP contribution in [0.4, 0.5) is 0 Å². The van der Waals surface area contributed by atoms with E-state index in [1.165, 1.54) is 11.8 Å². The number of thioether (sulfide) groups is 1. The molecule has 1 unspecified atom stereocenters. The summed E-state index contributed by atoms with van der Waals surface area (Å²) in [6.45, 7) is 1.90. The molecular formula is C17H17ClN4O2S. The van der Waals surface area contributed by atoms with Crippen molar-refractivity contribution in [1.29, 1.82) is 0 Å². The molecule has 0 aliphatic heterocycles. The Balaban J connectivity index is 1.59. The molecule has 1 atom stereocenters. The van der Waals surface area contributed by atoms with Crippen molar-refractivity contribution in [1.82, 2.24) is 20.1 Å². The third-order valence-corrected chi connectivity index (χ3v) is 5.02. The fourth-order valence-corrected chi connectivity index (χ4v) is 3.40. The number of carbonyl (C=O) groups excluding carboxylic acids is 1. The van der Waals surface area contributed by atoms with Crippen molar-refractivity contribution in [2.24, 2.45) is 7.05 Å². The predicted molar refractivity (Wildman–Crippen MR) is 97.4 cm³/mol. The Labute approximate surface area is 154 Å². The Bertz CT molecular complexity index is 863. The molecule has 2 aromatic heterocycles. The molecule has 6 nitrogen and oxygen atoms in total. The Morgan fingerprint density at radius 2 is 2.12 bits per heavy atom. The summed E-state index contributed by atoms with van der Waals surface area (Å²) >= 11 is 7.48. The molecule has 1 N–H and O–H groups in total. The fourth-order valence-electron chi connectivity index (χ4n) is 2.38. The van der Waals surface area contributed by atoms with Gasteiger partial charge < -0.3 is 14.3 Å². The summed E-state index contributed by atoms with van der Waals surface area (Å²) in [4.78, 5) is 12.2. The van der Waals surface area contributed by atoms with Crippen LogP contribution >= 0.6 is 23.4 Å². The van der Waals surface area contributed by atoms with Crippen molar-refractivity contribution in [2.45, 2.75) is 18.1 Å². The number of rotatable bonds is 6. The lowest BCUT2D eigenvalue weighted by Gasteiger charge is -2.15. The predicted octanol–water partition coefficient (Wildman–Crippen LogP) is 3.70. The molecule has 1 amide bonds. The van der Waals surface area contributed by atoms with Gasteiger partial charge in [0.25, 0.3) is 0 Å². The molecule has 1 aromatic carbocycles. The van der Waals surface area contributed by atoms with Gasteiger partial charge >= 0.3 is 0 Å². The van der Waals surface area contributed by atoms with Crippen molar-refractivity contribution < 1.29 is 9.21 Å². The summed E-state index contributed by atoms with van der Waals surface area (Å²) in [6.07, 6.45) is 1.58. The molecule has 130 valence electrons. The van der Waals surface area contributed by atoms with Gasteiger partial charge in [-0.3, -0.25) is 4.79 Å². The quantitative estimate of drug-likeness (QED) is 0.664. The molecule has 0 radical (unpaired) electrons. The van der Waals surface area contributed by atoms with E-state index in [-0.39, 0.29) is 17.7 Å². The van der Waals surface area contributed by atoms with Crippen LogP contribution in [-0.2, 0) is 11.8 Å². The highest BCUT2D eigenvalue weighted by Crippen LogP contribution is 2.24. The van der Waals surface area contributed by atoms with Gasteiger partial charge in [0.1, 0.15) is 0 Å². The first-order chi connectivity index (χ1) is 12.1. The zero-order valence-electron chi connectivity index (χ0n) is 13.8. The number of furan rings is 1. The van der Waals surface area contributed by atoms with Crippen LogP contribution in [0.1, 0.15) is 18.5 Å². The molecular weight excluding hydrogens is 360 g/mol. The smallest absolute Gasteiger partial charge is 0.230 e. The lowest BCUT2D eigenvalue weighted by molar-refractivity contribution is -0.119. The van der Waals surface area contributed by atoms with Crippen molar-refractivity contribution >= 4 is 29.3 Å². The zero-order valence-corrected chi connectivity index (χ0v) is 15.3. The Morgan fingerprint density at radius 1 is 1.32 bits per heavy atom. The Kier molecular flexibility index (Phi) is 5.45. The average molecular weight is 377 g/mol. The van der Waals surface area contributed by atoms with Crippen molar-refractivity contribution in [3.8, 4) is 11.6 Å². The summed E-state index contributed by atoms with van der Waals surface area (Å²) in [5.41, 5.74) is 0.890. The van der Waals surface area contributed by atoms with Gasteiger partial charge in [-0.05, 0) is 30.7 Å². The highest BCUT2D eigenvalue weighted by atomic mass is 35.5. The van der Waals surface area contributed by atoms with Gasteiger partial charge in [-0.15, -0.1) is 10.2 Å². The first-order valence-corrected chi connectivity index (χ1v) is 9.02. The number of aromatic nitrogens is 3.